The van der Waals surface area contributed by atoms with Crippen molar-refractivity contribution in [3.63, 3.8) is 0 Å². The van der Waals surface area contributed by atoms with Crippen molar-refractivity contribution in [3.05, 3.63) is 12.4 Å². The van der Waals surface area contributed by atoms with Crippen LogP contribution >= 0.6 is 0 Å². The zero-order chi connectivity index (χ0) is 11.0. The molecule has 0 spiro atoms. The smallest absolute Gasteiger partial charge is 0.205 e. The van der Waals surface area contributed by atoms with E-state index in [1.54, 1.807) is 0 Å². The monoisotopic (exact) mass is 220 g/mol. The van der Waals surface area contributed by atoms with Crippen molar-refractivity contribution >= 4 is 5.95 Å². The van der Waals surface area contributed by atoms with Gasteiger partial charge in [0, 0.05) is 44.6 Å². The first-order chi connectivity index (χ1) is 7.90. The van der Waals surface area contributed by atoms with Gasteiger partial charge in [-0.05, 0) is 25.7 Å². The molecule has 3 heterocycles. The van der Waals surface area contributed by atoms with Crippen LogP contribution in [0.2, 0.25) is 0 Å². The van der Waals surface area contributed by atoms with Crippen LogP contribution < -0.4 is 10.2 Å². The van der Waals surface area contributed by atoms with E-state index >= 15 is 0 Å². The Morgan fingerprint density at radius 1 is 1.50 bits per heavy atom. The first-order valence-electron chi connectivity index (χ1n) is 6.38. The summed E-state index contributed by atoms with van der Waals surface area (Å²) in [5.74, 6) is 2.00. The van der Waals surface area contributed by atoms with Crippen LogP contribution in [0.1, 0.15) is 19.8 Å². The molecule has 2 unspecified atom stereocenters. The Hall–Kier alpha value is -1.03. The lowest BCUT2D eigenvalue weighted by molar-refractivity contribution is 0.377. The molecular formula is C12H20N4. The lowest BCUT2D eigenvalue weighted by Crippen LogP contribution is -2.46. The quantitative estimate of drug-likeness (QED) is 0.810. The fourth-order valence-corrected chi connectivity index (χ4v) is 3.12. The van der Waals surface area contributed by atoms with Crippen LogP contribution in [0.15, 0.2) is 12.4 Å². The number of aryl methyl sites for hydroxylation is 1. The Labute approximate surface area is 96.7 Å². The Morgan fingerprint density at radius 3 is 3.31 bits per heavy atom. The maximum Gasteiger partial charge on any atom is 0.205 e. The molecule has 3 rings (SSSR count). The second kappa shape index (κ2) is 4.09. The molecule has 16 heavy (non-hydrogen) atoms. The fourth-order valence-electron chi connectivity index (χ4n) is 3.12. The van der Waals surface area contributed by atoms with Crippen molar-refractivity contribution < 1.29 is 0 Å². The summed E-state index contributed by atoms with van der Waals surface area (Å²) in [4.78, 5) is 7.04. The van der Waals surface area contributed by atoms with Crippen LogP contribution in [-0.2, 0) is 6.54 Å². The number of anilines is 1. The van der Waals surface area contributed by atoms with Crippen molar-refractivity contribution in [2.45, 2.75) is 32.4 Å². The summed E-state index contributed by atoms with van der Waals surface area (Å²) in [6.45, 7) is 6.67. The molecule has 1 aromatic rings. The van der Waals surface area contributed by atoms with Crippen molar-refractivity contribution in [1.82, 2.24) is 14.9 Å². The van der Waals surface area contributed by atoms with Gasteiger partial charge in [-0.15, -0.1) is 0 Å². The van der Waals surface area contributed by atoms with Gasteiger partial charge in [-0.3, -0.25) is 0 Å². The van der Waals surface area contributed by atoms with Crippen LogP contribution in [-0.4, -0.2) is 35.2 Å². The van der Waals surface area contributed by atoms with Crippen LogP contribution in [0.4, 0.5) is 5.95 Å². The zero-order valence-electron chi connectivity index (χ0n) is 9.89. The van der Waals surface area contributed by atoms with Gasteiger partial charge in [0.25, 0.3) is 0 Å². The van der Waals surface area contributed by atoms with Gasteiger partial charge in [-0.25, -0.2) is 4.98 Å². The first kappa shape index (κ1) is 10.1. The second-order valence-electron chi connectivity index (χ2n) is 4.83. The first-order valence-corrected chi connectivity index (χ1v) is 6.38. The summed E-state index contributed by atoms with van der Waals surface area (Å²) in [7, 11) is 0. The third-order valence-electron chi connectivity index (χ3n) is 3.97. The minimum atomic E-state index is 0.668. The lowest BCUT2D eigenvalue weighted by Gasteiger charge is -2.37. The molecule has 4 nitrogen and oxygen atoms in total. The lowest BCUT2D eigenvalue weighted by atomic mass is 9.92. The zero-order valence-corrected chi connectivity index (χ0v) is 9.89. The summed E-state index contributed by atoms with van der Waals surface area (Å²) < 4.78 is 2.25. The van der Waals surface area contributed by atoms with E-state index in [2.05, 4.69) is 32.9 Å². The number of nitrogens with one attached hydrogen (secondary N) is 1. The van der Waals surface area contributed by atoms with Crippen LogP contribution in [0.5, 0.6) is 0 Å². The molecule has 88 valence electrons. The Balaban J connectivity index is 1.87. The highest BCUT2D eigenvalue weighted by atomic mass is 15.3. The summed E-state index contributed by atoms with van der Waals surface area (Å²) >= 11 is 0. The molecule has 0 saturated carbocycles. The van der Waals surface area contributed by atoms with E-state index in [1.807, 2.05) is 6.20 Å². The molecule has 0 bridgehead atoms. The van der Waals surface area contributed by atoms with E-state index < -0.39 is 0 Å². The number of rotatable bonds is 2. The molecule has 2 aliphatic heterocycles. The molecular weight excluding hydrogens is 200 g/mol. The van der Waals surface area contributed by atoms with Gasteiger partial charge in [0.1, 0.15) is 0 Å². The van der Waals surface area contributed by atoms with Gasteiger partial charge in [0.15, 0.2) is 0 Å². The highest BCUT2D eigenvalue weighted by Gasteiger charge is 2.36. The molecule has 2 atom stereocenters. The predicted molar refractivity (Wildman–Crippen MR) is 64.6 cm³/mol. The highest BCUT2D eigenvalue weighted by Crippen LogP contribution is 2.29. The van der Waals surface area contributed by atoms with Gasteiger partial charge in [0.05, 0.1) is 0 Å². The molecule has 2 fully saturated rings. The number of piperidine rings is 1. The van der Waals surface area contributed by atoms with E-state index in [9.17, 15) is 0 Å². The average Bonchev–Trinajstić information content (AvgIpc) is 2.96. The Kier molecular flexibility index (Phi) is 2.59. The number of imidazole rings is 1. The molecule has 0 amide bonds. The third kappa shape index (κ3) is 1.52. The maximum atomic E-state index is 4.53. The number of nitrogens with zero attached hydrogens (tertiary/aromatic N) is 3. The van der Waals surface area contributed by atoms with Crippen molar-refractivity contribution in [2.24, 2.45) is 5.92 Å². The minimum absolute atomic E-state index is 0.668. The SMILES string of the molecule is CCn1ccnc1N1CCCC2CNCC21. The van der Waals surface area contributed by atoms with Crippen molar-refractivity contribution in [2.75, 3.05) is 24.5 Å². The average molecular weight is 220 g/mol. The normalized spacial score (nSPS) is 29.4. The number of fused-ring (bicyclic) bond motifs is 1. The van der Waals surface area contributed by atoms with Crippen LogP contribution in [0, 0.1) is 5.92 Å². The molecule has 1 aromatic heterocycles. The molecule has 1 N–H and O–H groups in total. The van der Waals surface area contributed by atoms with Crippen LogP contribution in [0.3, 0.4) is 0 Å². The largest absolute Gasteiger partial charge is 0.338 e. The Bertz CT molecular complexity index is 360. The van der Waals surface area contributed by atoms with E-state index in [0.29, 0.717) is 6.04 Å². The topological polar surface area (TPSA) is 33.1 Å². The van der Waals surface area contributed by atoms with Crippen molar-refractivity contribution in [1.29, 1.82) is 0 Å². The predicted octanol–water partition coefficient (Wildman–Crippen LogP) is 1.09. The molecule has 0 radical (unpaired) electrons. The van der Waals surface area contributed by atoms with Gasteiger partial charge in [-0.1, -0.05) is 0 Å². The Morgan fingerprint density at radius 2 is 2.44 bits per heavy atom. The van der Waals surface area contributed by atoms with Crippen LogP contribution in [0.25, 0.3) is 0 Å². The summed E-state index contributed by atoms with van der Waals surface area (Å²) in [6, 6.07) is 0.668. The number of aromatic nitrogens is 2. The third-order valence-corrected chi connectivity index (χ3v) is 3.97. The molecule has 2 aliphatic rings. The van der Waals surface area contributed by atoms with Gasteiger partial charge in [0.2, 0.25) is 5.95 Å². The fraction of sp³-hybridized carbons (Fsp3) is 0.750. The highest BCUT2D eigenvalue weighted by molar-refractivity contribution is 5.35. The standard InChI is InChI=1S/C12H20N4/c1-2-15-7-5-14-12(15)16-6-3-4-10-8-13-9-11(10)16/h5,7,10-11,13H,2-4,6,8-9H2,1H3. The van der Waals surface area contributed by atoms with Gasteiger partial charge >= 0.3 is 0 Å². The second-order valence-corrected chi connectivity index (χ2v) is 4.83. The molecule has 0 aliphatic carbocycles. The summed E-state index contributed by atoms with van der Waals surface area (Å²) in [6.07, 6.45) is 6.69. The van der Waals surface area contributed by atoms with Gasteiger partial charge < -0.3 is 14.8 Å². The van der Waals surface area contributed by atoms with E-state index in [-0.39, 0.29) is 0 Å². The summed E-state index contributed by atoms with van der Waals surface area (Å²) in [5, 5.41) is 3.51. The molecule has 2 saturated heterocycles. The van der Waals surface area contributed by atoms with Gasteiger partial charge in [-0.2, -0.15) is 0 Å². The van der Waals surface area contributed by atoms with E-state index in [0.717, 1.165) is 19.0 Å². The number of hydrogen-bond donors (Lipinski definition) is 1. The molecule has 0 aromatic carbocycles. The van der Waals surface area contributed by atoms with E-state index in [1.165, 1.54) is 31.9 Å². The number of hydrogen-bond acceptors (Lipinski definition) is 3. The minimum Gasteiger partial charge on any atom is -0.338 e. The molecule has 4 heteroatoms. The van der Waals surface area contributed by atoms with E-state index in [4.69, 9.17) is 0 Å². The van der Waals surface area contributed by atoms with Crippen molar-refractivity contribution in [3.8, 4) is 0 Å². The summed E-state index contributed by atoms with van der Waals surface area (Å²) in [5.41, 5.74) is 0. The maximum absolute atomic E-state index is 4.53.